The van der Waals surface area contributed by atoms with Gasteiger partial charge >= 0.3 is 6.18 Å². The Bertz CT molecular complexity index is 803. The van der Waals surface area contributed by atoms with Crippen LogP contribution in [0.3, 0.4) is 0 Å². The number of nitrogens with one attached hydrogen (secondary N) is 2. The third-order valence-electron chi connectivity index (χ3n) is 4.52. The number of hydrogen-bond acceptors (Lipinski definition) is 5. The average molecular weight is 407 g/mol. The molecule has 11 heteroatoms. The van der Waals surface area contributed by atoms with Gasteiger partial charge in [0.15, 0.2) is 5.65 Å². The molecule has 1 aliphatic rings. The van der Waals surface area contributed by atoms with Gasteiger partial charge in [-0.2, -0.15) is 18.3 Å². The molecule has 0 saturated carbocycles. The number of aromatic nitrogens is 3. The second-order valence-corrected chi connectivity index (χ2v) is 6.37. The van der Waals surface area contributed by atoms with Gasteiger partial charge in [0.25, 0.3) is 5.91 Å². The number of amides is 1. The van der Waals surface area contributed by atoms with Gasteiger partial charge in [0.05, 0.1) is 17.0 Å². The predicted octanol–water partition coefficient (Wildman–Crippen LogP) is 1.33. The number of carbonyl (C=O) groups is 1. The fourth-order valence-electron chi connectivity index (χ4n) is 3.12. The van der Waals surface area contributed by atoms with Crippen molar-refractivity contribution in [2.45, 2.75) is 26.1 Å². The minimum absolute atomic E-state index is 0. The minimum atomic E-state index is -4.42. The SMILES string of the molecule is Cc1cc2ncc(C(=O)NCC(N3CCNCC3)C(F)(F)F)c(C)n2n1.Cl. The highest BCUT2D eigenvalue weighted by Gasteiger charge is 2.43. The molecular formula is C16H22ClF3N6O. The number of piperazine rings is 1. The molecule has 1 saturated heterocycles. The molecule has 1 unspecified atom stereocenters. The summed E-state index contributed by atoms with van der Waals surface area (Å²) in [6, 6.07) is 0.0520. The molecule has 3 rings (SSSR count). The molecule has 3 heterocycles. The van der Waals surface area contributed by atoms with Gasteiger partial charge in [0, 0.05) is 45.0 Å². The summed E-state index contributed by atoms with van der Waals surface area (Å²) in [6.07, 6.45) is -3.05. The highest BCUT2D eigenvalue weighted by atomic mass is 35.5. The van der Waals surface area contributed by atoms with Crippen molar-refractivity contribution in [3.63, 3.8) is 0 Å². The number of rotatable bonds is 4. The maximum atomic E-state index is 13.4. The molecule has 27 heavy (non-hydrogen) atoms. The zero-order valence-electron chi connectivity index (χ0n) is 15.0. The Labute approximate surface area is 160 Å². The molecule has 0 bridgehead atoms. The zero-order valence-corrected chi connectivity index (χ0v) is 15.8. The van der Waals surface area contributed by atoms with Crippen LogP contribution in [-0.2, 0) is 0 Å². The number of alkyl halides is 3. The van der Waals surface area contributed by atoms with Gasteiger partial charge in [0.2, 0.25) is 0 Å². The first-order chi connectivity index (χ1) is 12.3. The maximum Gasteiger partial charge on any atom is 0.405 e. The lowest BCUT2D eigenvalue weighted by Gasteiger charge is -2.35. The van der Waals surface area contributed by atoms with Gasteiger partial charge in [0.1, 0.15) is 6.04 Å². The summed E-state index contributed by atoms with van der Waals surface area (Å²) in [7, 11) is 0. The number of carbonyl (C=O) groups excluding carboxylic acids is 1. The zero-order chi connectivity index (χ0) is 18.9. The molecule has 2 N–H and O–H groups in total. The normalized spacial score (nSPS) is 16.8. The van der Waals surface area contributed by atoms with Crippen molar-refractivity contribution < 1.29 is 18.0 Å². The molecule has 1 amide bonds. The minimum Gasteiger partial charge on any atom is -0.350 e. The topological polar surface area (TPSA) is 74.6 Å². The molecule has 0 aliphatic carbocycles. The van der Waals surface area contributed by atoms with Crippen LogP contribution in [0.1, 0.15) is 21.7 Å². The van der Waals surface area contributed by atoms with Crippen LogP contribution in [0, 0.1) is 13.8 Å². The predicted molar refractivity (Wildman–Crippen MR) is 96.3 cm³/mol. The van der Waals surface area contributed by atoms with Crippen molar-refractivity contribution in [3.05, 3.63) is 29.2 Å². The van der Waals surface area contributed by atoms with E-state index in [2.05, 4.69) is 20.7 Å². The Morgan fingerprint density at radius 2 is 2.00 bits per heavy atom. The lowest BCUT2D eigenvalue weighted by Crippen LogP contribution is -2.57. The smallest absolute Gasteiger partial charge is 0.350 e. The quantitative estimate of drug-likeness (QED) is 0.801. The number of halogens is 4. The van der Waals surface area contributed by atoms with E-state index in [1.54, 1.807) is 19.9 Å². The van der Waals surface area contributed by atoms with Crippen LogP contribution < -0.4 is 10.6 Å². The van der Waals surface area contributed by atoms with Crippen molar-refractivity contribution in [1.29, 1.82) is 0 Å². The summed E-state index contributed by atoms with van der Waals surface area (Å²) in [5.74, 6) is -0.588. The van der Waals surface area contributed by atoms with E-state index in [0.717, 1.165) is 5.69 Å². The van der Waals surface area contributed by atoms with Gasteiger partial charge in [-0.25, -0.2) is 9.50 Å². The van der Waals surface area contributed by atoms with E-state index in [4.69, 9.17) is 0 Å². The molecule has 7 nitrogen and oxygen atoms in total. The highest BCUT2D eigenvalue weighted by molar-refractivity contribution is 5.95. The Balaban J connectivity index is 0.00000261. The summed E-state index contributed by atoms with van der Waals surface area (Å²) in [5, 5.41) is 9.68. The number of hydrogen-bond donors (Lipinski definition) is 2. The molecule has 1 fully saturated rings. The molecule has 1 aliphatic heterocycles. The highest BCUT2D eigenvalue weighted by Crippen LogP contribution is 2.25. The third-order valence-corrected chi connectivity index (χ3v) is 4.52. The summed E-state index contributed by atoms with van der Waals surface area (Å²) in [4.78, 5) is 17.9. The van der Waals surface area contributed by atoms with E-state index in [1.165, 1.54) is 15.6 Å². The van der Waals surface area contributed by atoms with Crippen LogP contribution in [0.5, 0.6) is 0 Å². The van der Waals surface area contributed by atoms with Crippen molar-refractivity contribution >= 4 is 24.0 Å². The average Bonchev–Trinajstić information content (AvgIpc) is 2.96. The van der Waals surface area contributed by atoms with E-state index < -0.39 is 24.7 Å². The maximum absolute atomic E-state index is 13.4. The van der Waals surface area contributed by atoms with E-state index in [-0.39, 0.29) is 18.0 Å². The van der Waals surface area contributed by atoms with Crippen LogP contribution in [0.15, 0.2) is 12.3 Å². The van der Waals surface area contributed by atoms with Crippen LogP contribution >= 0.6 is 12.4 Å². The fraction of sp³-hybridized carbons (Fsp3) is 0.562. The summed E-state index contributed by atoms with van der Waals surface area (Å²) < 4.78 is 41.7. The fourth-order valence-corrected chi connectivity index (χ4v) is 3.12. The van der Waals surface area contributed by atoms with Gasteiger partial charge in [-0.3, -0.25) is 9.69 Å². The van der Waals surface area contributed by atoms with Gasteiger partial charge in [-0.1, -0.05) is 0 Å². The Kier molecular flexibility index (Phi) is 6.66. The van der Waals surface area contributed by atoms with Crippen molar-refractivity contribution in [2.24, 2.45) is 0 Å². The summed E-state index contributed by atoms with van der Waals surface area (Å²) >= 11 is 0. The molecule has 0 aromatic carbocycles. The van der Waals surface area contributed by atoms with E-state index in [9.17, 15) is 18.0 Å². The molecule has 0 spiro atoms. The molecule has 0 radical (unpaired) electrons. The second kappa shape index (κ2) is 8.41. The lowest BCUT2D eigenvalue weighted by atomic mass is 10.2. The first-order valence-electron chi connectivity index (χ1n) is 8.39. The lowest BCUT2D eigenvalue weighted by molar-refractivity contribution is -0.183. The molecule has 150 valence electrons. The van der Waals surface area contributed by atoms with Gasteiger partial charge in [-0.05, 0) is 13.8 Å². The van der Waals surface area contributed by atoms with E-state index >= 15 is 0 Å². The standard InChI is InChI=1S/C16H21F3N6O.ClH/c1-10-7-14-21-8-12(11(2)25(14)23-10)15(26)22-9-13(16(17,18)19)24-5-3-20-4-6-24;/h7-8,13,20H,3-6,9H2,1-2H3,(H,22,26);1H. The molecule has 1 atom stereocenters. The largest absolute Gasteiger partial charge is 0.405 e. The van der Waals surface area contributed by atoms with Crippen molar-refractivity contribution in [3.8, 4) is 0 Å². The van der Waals surface area contributed by atoms with Crippen molar-refractivity contribution in [2.75, 3.05) is 32.7 Å². The second-order valence-electron chi connectivity index (χ2n) is 6.37. The van der Waals surface area contributed by atoms with Crippen LogP contribution in [0.25, 0.3) is 5.65 Å². The number of fused-ring (bicyclic) bond motifs is 1. The summed E-state index contributed by atoms with van der Waals surface area (Å²) in [5.41, 5.74) is 2.08. The van der Waals surface area contributed by atoms with Crippen LogP contribution in [0.2, 0.25) is 0 Å². The Hall–Kier alpha value is -1.91. The van der Waals surface area contributed by atoms with E-state index in [0.29, 0.717) is 37.5 Å². The Morgan fingerprint density at radius 1 is 1.33 bits per heavy atom. The molecular weight excluding hydrogens is 385 g/mol. The first-order valence-corrected chi connectivity index (χ1v) is 8.39. The third kappa shape index (κ3) is 4.69. The monoisotopic (exact) mass is 406 g/mol. The number of aryl methyl sites for hydroxylation is 2. The van der Waals surface area contributed by atoms with Crippen molar-refractivity contribution in [1.82, 2.24) is 30.1 Å². The molecule has 2 aromatic rings. The molecule has 2 aromatic heterocycles. The van der Waals surface area contributed by atoms with Gasteiger partial charge < -0.3 is 10.6 Å². The summed E-state index contributed by atoms with van der Waals surface area (Å²) in [6.45, 7) is 4.57. The first kappa shape index (κ1) is 21.4. The Morgan fingerprint density at radius 3 is 2.63 bits per heavy atom. The number of nitrogens with zero attached hydrogens (tertiary/aromatic N) is 4. The van der Waals surface area contributed by atoms with Crippen LogP contribution in [0.4, 0.5) is 13.2 Å². The van der Waals surface area contributed by atoms with Crippen LogP contribution in [-0.4, -0.2) is 70.3 Å². The van der Waals surface area contributed by atoms with Gasteiger partial charge in [-0.15, -0.1) is 12.4 Å². The van der Waals surface area contributed by atoms with E-state index in [1.807, 2.05) is 0 Å².